The molecule has 7 nitrogen and oxygen atoms in total. The number of anilines is 1. The first kappa shape index (κ1) is 20.1. The molecule has 0 amide bonds. The van der Waals surface area contributed by atoms with Gasteiger partial charge in [-0.3, -0.25) is 9.78 Å². The molecule has 148 valence electrons. The minimum Gasteiger partial charge on any atom is -0.598 e. The number of aromatic amines is 1. The number of nitrogens with one attached hydrogen (secondary N) is 2. The minimum atomic E-state index is -1.22. The fourth-order valence-corrected chi connectivity index (χ4v) is 3.86. The van der Waals surface area contributed by atoms with Crippen molar-refractivity contribution in [3.8, 4) is 0 Å². The highest BCUT2D eigenvalue weighted by molar-refractivity contribution is 7.90. The van der Waals surface area contributed by atoms with Crippen LogP contribution in [0.5, 0.6) is 0 Å². The van der Waals surface area contributed by atoms with E-state index in [1.54, 1.807) is 0 Å². The summed E-state index contributed by atoms with van der Waals surface area (Å²) in [4.78, 5) is 22.4. The molecule has 1 fully saturated rings. The van der Waals surface area contributed by atoms with Crippen LogP contribution in [-0.2, 0) is 16.1 Å². The molecule has 2 aromatic rings. The zero-order valence-electron chi connectivity index (χ0n) is 16.6. The van der Waals surface area contributed by atoms with Crippen molar-refractivity contribution in [1.82, 2.24) is 14.7 Å². The Labute approximate surface area is 162 Å². The fourth-order valence-electron chi connectivity index (χ4n) is 3.06. The van der Waals surface area contributed by atoms with E-state index in [0.717, 1.165) is 11.1 Å². The van der Waals surface area contributed by atoms with E-state index in [2.05, 4.69) is 9.71 Å². The van der Waals surface area contributed by atoms with Crippen LogP contribution in [0.3, 0.4) is 0 Å². The Hall–Kier alpha value is -1.61. The molecule has 1 aliphatic rings. The Kier molecular flexibility index (Phi) is 5.81. The third-order valence-electron chi connectivity index (χ3n) is 4.59. The fraction of sp³-hybridized carbons (Fsp3) is 0.579. The van der Waals surface area contributed by atoms with Gasteiger partial charge < -0.3 is 14.2 Å². The van der Waals surface area contributed by atoms with Crippen LogP contribution in [0.4, 0.5) is 5.95 Å². The van der Waals surface area contributed by atoms with Crippen molar-refractivity contribution in [2.24, 2.45) is 0 Å². The topological polar surface area (TPSA) is 93.3 Å². The van der Waals surface area contributed by atoms with Crippen molar-refractivity contribution in [1.29, 1.82) is 0 Å². The summed E-state index contributed by atoms with van der Waals surface area (Å²) in [6.07, 6.45) is 0. The Morgan fingerprint density at radius 1 is 1.33 bits per heavy atom. The van der Waals surface area contributed by atoms with Crippen molar-refractivity contribution in [3.63, 3.8) is 0 Å². The van der Waals surface area contributed by atoms with E-state index in [4.69, 9.17) is 9.72 Å². The first-order valence-corrected chi connectivity index (χ1v) is 10.4. The number of nitrogens with zero attached hydrogens (tertiary/aromatic N) is 2. The molecule has 8 heteroatoms. The van der Waals surface area contributed by atoms with Crippen LogP contribution in [-0.4, -0.2) is 45.6 Å². The molecule has 3 rings (SSSR count). The normalized spacial score (nSPS) is 17.9. The lowest BCUT2D eigenvalue weighted by atomic mass is 10.0. The van der Waals surface area contributed by atoms with Crippen molar-refractivity contribution in [3.05, 3.63) is 33.6 Å². The van der Waals surface area contributed by atoms with Gasteiger partial charge in [-0.2, -0.15) is 0 Å². The molecular formula is C19H28N4O3S. The van der Waals surface area contributed by atoms with Gasteiger partial charge in [-0.15, -0.1) is 4.72 Å². The Morgan fingerprint density at radius 3 is 2.63 bits per heavy atom. The molecule has 0 bridgehead atoms. The van der Waals surface area contributed by atoms with Gasteiger partial charge in [0, 0.05) is 30.0 Å². The van der Waals surface area contributed by atoms with Crippen LogP contribution in [0.1, 0.15) is 44.9 Å². The minimum absolute atomic E-state index is 0.157. The molecule has 2 atom stereocenters. The van der Waals surface area contributed by atoms with Crippen LogP contribution >= 0.6 is 0 Å². The number of H-pyrrole nitrogens is 1. The van der Waals surface area contributed by atoms with Crippen molar-refractivity contribution < 1.29 is 9.29 Å². The predicted molar refractivity (Wildman–Crippen MR) is 110 cm³/mol. The Morgan fingerprint density at radius 2 is 2.00 bits per heavy atom. The van der Waals surface area contributed by atoms with E-state index >= 15 is 0 Å². The van der Waals surface area contributed by atoms with Gasteiger partial charge in [0.2, 0.25) is 5.95 Å². The number of aromatic nitrogens is 2. The van der Waals surface area contributed by atoms with Crippen LogP contribution < -0.4 is 15.2 Å². The van der Waals surface area contributed by atoms with E-state index < -0.39 is 11.4 Å². The zero-order valence-corrected chi connectivity index (χ0v) is 17.4. The van der Waals surface area contributed by atoms with Crippen molar-refractivity contribution in [2.75, 3.05) is 31.2 Å². The Balaban J connectivity index is 2.05. The third kappa shape index (κ3) is 4.45. The molecule has 1 unspecified atom stereocenters. The lowest BCUT2D eigenvalue weighted by molar-refractivity contribution is 0.122. The van der Waals surface area contributed by atoms with Gasteiger partial charge in [0.25, 0.3) is 5.56 Å². The number of benzene rings is 1. The van der Waals surface area contributed by atoms with Crippen molar-refractivity contribution in [2.45, 2.75) is 45.4 Å². The summed E-state index contributed by atoms with van der Waals surface area (Å²) >= 11 is -1.22. The number of morpholine rings is 1. The molecule has 2 N–H and O–H groups in total. The van der Waals surface area contributed by atoms with Gasteiger partial charge >= 0.3 is 0 Å². The van der Waals surface area contributed by atoms with E-state index in [0.29, 0.717) is 43.2 Å². The average Bonchev–Trinajstić information content (AvgIpc) is 2.61. The SMILES string of the molecule is Cc1cc([C@@H](C)N[S+]([O-])C(C)(C)C)c2nc(N3CCOCC3)[nH]c(=O)c2c1. The van der Waals surface area contributed by atoms with E-state index in [1.807, 2.05) is 51.7 Å². The van der Waals surface area contributed by atoms with E-state index in [1.165, 1.54) is 0 Å². The maximum absolute atomic E-state index is 12.7. The molecule has 2 heterocycles. The molecule has 1 aromatic carbocycles. The summed E-state index contributed by atoms with van der Waals surface area (Å²) in [5.74, 6) is 0.560. The molecule has 1 saturated heterocycles. The molecule has 0 saturated carbocycles. The molecule has 27 heavy (non-hydrogen) atoms. The van der Waals surface area contributed by atoms with Gasteiger partial charge in [0.05, 0.1) is 30.2 Å². The maximum atomic E-state index is 12.7. The molecule has 0 spiro atoms. The van der Waals surface area contributed by atoms with Gasteiger partial charge in [-0.25, -0.2) is 4.98 Å². The highest BCUT2D eigenvalue weighted by Crippen LogP contribution is 2.26. The number of hydrogen-bond acceptors (Lipinski definition) is 6. The molecule has 0 radical (unpaired) electrons. The van der Waals surface area contributed by atoms with Gasteiger partial charge in [-0.05, 0) is 46.2 Å². The zero-order chi connectivity index (χ0) is 19.8. The largest absolute Gasteiger partial charge is 0.598 e. The second-order valence-electron chi connectivity index (χ2n) is 7.96. The second-order valence-corrected chi connectivity index (χ2v) is 9.96. The summed E-state index contributed by atoms with van der Waals surface area (Å²) in [7, 11) is 0. The number of fused-ring (bicyclic) bond motifs is 1. The van der Waals surface area contributed by atoms with Gasteiger partial charge in [0.15, 0.2) is 0 Å². The lowest BCUT2D eigenvalue weighted by Crippen LogP contribution is -2.40. The second kappa shape index (κ2) is 7.79. The first-order chi connectivity index (χ1) is 12.7. The molecule has 1 aliphatic heterocycles. The van der Waals surface area contributed by atoms with Crippen LogP contribution in [0.2, 0.25) is 0 Å². The molecule has 0 aliphatic carbocycles. The quantitative estimate of drug-likeness (QED) is 0.775. The average molecular weight is 393 g/mol. The maximum Gasteiger partial charge on any atom is 0.260 e. The van der Waals surface area contributed by atoms with Crippen LogP contribution in [0, 0.1) is 6.92 Å². The van der Waals surface area contributed by atoms with Gasteiger partial charge in [-0.1, -0.05) is 6.07 Å². The van der Waals surface area contributed by atoms with E-state index in [9.17, 15) is 9.35 Å². The number of aryl methyl sites for hydroxylation is 1. The highest BCUT2D eigenvalue weighted by Gasteiger charge is 2.29. The summed E-state index contributed by atoms with van der Waals surface area (Å²) in [5.41, 5.74) is 2.34. The van der Waals surface area contributed by atoms with Crippen molar-refractivity contribution >= 4 is 28.2 Å². The third-order valence-corrected chi connectivity index (χ3v) is 6.27. The number of hydrogen-bond donors (Lipinski definition) is 2. The lowest BCUT2D eigenvalue weighted by Gasteiger charge is -2.28. The smallest absolute Gasteiger partial charge is 0.260 e. The standard InChI is InChI=1S/C19H28N4O3S/c1-12-10-14(13(2)22-27(25)19(3,4)5)16-15(11-12)17(24)21-18(20-16)23-6-8-26-9-7-23/h10-11,13,22H,6-9H2,1-5H3,(H,20,21,24)/t13-,27?/m1/s1. The van der Waals surface area contributed by atoms with E-state index in [-0.39, 0.29) is 16.3 Å². The van der Waals surface area contributed by atoms with Crippen LogP contribution in [0.25, 0.3) is 10.9 Å². The Bertz CT molecular complexity index is 872. The molecule has 1 aromatic heterocycles. The van der Waals surface area contributed by atoms with Crippen LogP contribution in [0.15, 0.2) is 16.9 Å². The first-order valence-electron chi connectivity index (χ1n) is 9.22. The molecular weight excluding hydrogens is 364 g/mol. The summed E-state index contributed by atoms with van der Waals surface area (Å²) in [6, 6.07) is 3.65. The van der Waals surface area contributed by atoms with Gasteiger partial charge in [0.1, 0.15) is 4.75 Å². The number of ether oxygens (including phenoxy) is 1. The summed E-state index contributed by atoms with van der Waals surface area (Å²) in [6.45, 7) is 12.3. The predicted octanol–water partition coefficient (Wildman–Crippen LogP) is 2.18. The summed E-state index contributed by atoms with van der Waals surface area (Å²) < 4.78 is 20.7. The highest BCUT2D eigenvalue weighted by atomic mass is 32.2. The number of rotatable bonds is 4. The monoisotopic (exact) mass is 392 g/mol. The summed E-state index contributed by atoms with van der Waals surface area (Å²) in [5, 5.41) is 0.553.